The number of morpholine rings is 1. The molecule has 0 radical (unpaired) electrons. The molecule has 2 aromatic heterocycles. The number of aromatic nitrogens is 2. The molecular weight excluding hydrogens is 328 g/mol. The van der Waals surface area contributed by atoms with Gasteiger partial charge in [0.1, 0.15) is 0 Å². The molecule has 1 N–H and O–H groups in total. The van der Waals surface area contributed by atoms with Crippen molar-refractivity contribution in [2.75, 3.05) is 31.6 Å². The molecule has 1 aliphatic rings. The van der Waals surface area contributed by atoms with Crippen LogP contribution in [0.2, 0.25) is 0 Å². The van der Waals surface area contributed by atoms with E-state index in [-0.39, 0.29) is 5.91 Å². The first-order valence-electron chi connectivity index (χ1n) is 8.68. The maximum atomic E-state index is 13.1. The van der Waals surface area contributed by atoms with Crippen LogP contribution in [0, 0.1) is 6.92 Å². The molecule has 0 saturated carbocycles. The molecule has 3 aromatic rings. The Kier molecular flexibility index (Phi) is 4.50. The van der Waals surface area contributed by atoms with E-state index in [4.69, 9.17) is 4.74 Å². The van der Waals surface area contributed by atoms with Crippen LogP contribution in [-0.2, 0) is 4.74 Å². The molecule has 132 valence electrons. The fourth-order valence-electron chi connectivity index (χ4n) is 3.07. The van der Waals surface area contributed by atoms with Crippen LogP contribution in [0.1, 0.15) is 16.1 Å². The van der Waals surface area contributed by atoms with Crippen molar-refractivity contribution in [3.8, 4) is 0 Å². The van der Waals surface area contributed by atoms with E-state index in [2.05, 4.69) is 15.3 Å². The summed E-state index contributed by atoms with van der Waals surface area (Å²) in [4.78, 5) is 23.8. The van der Waals surface area contributed by atoms with Gasteiger partial charge in [-0.3, -0.25) is 4.79 Å². The maximum Gasteiger partial charge on any atom is 0.257 e. The Balaban J connectivity index is 1.81. The molecule has 6 heteroatoms. The zero-order chi connectivity index (χ0) is 17.9. The minimum absolute atomic E-state index is 0.0401. The molecule has 1 amide bonds. The molecule has 6 nitrogen and oxygen atoms in total. The number of benzene rings is 1. The number of carbonyl (C=O) groups excluding carboxylic acids is 1. The lowest BCUT2D eigenvalue weighted by molar-refractivity contribution is 0.0303. The number of anilines is 2. The average Bonchev–Trinajstić information content (AvgIpc) is 2.69. The molecule has 0 aliphatic carbocycles. The number of fused-ring (bicyclic) bond motifs is 1. The summed E-state index contributed by atoms with van der Waals surface area (Å²) >= 11 is 0. The van der Waals surface area contributed by atoms with Gasteiger partial charge in [-0.15, -0.1) is 0 Å². The number of carbonyl (C=O) groups is 1. The summed E-state index contributed by atoms with van der Waals surface area (Å²) in [5.41, 5.74) is 3.72. The number of nitrogens with one attached hydrogen (secondary N) is 1. The fourth-order valence-corrected chi connectivity index (χ4v) is 3.07. The molecule has 4 rings (SSSR count). The minimum Gasteiger partial charge on any atom is -0.378 e. The quantitative estimate of drug-likeness (QED) is 0.787. The highest BCUT2D eigenvalue weighted by Crippen LogP contribution is 2.29. The lowest BCUT2D eigenvalue weighted by Gasteiger charge is -2.27. The third kappa shape index (κ3) is 3.23. The molecule has 1 aromatic carbocycles. The predicted molar refractivity (Wildman–Crippen MR) is 101 cm³/mol. The van der Waals surface area contributed by atoms with Gasteiger partial charge in [0.15, 0.2) is 5.65 Å². The molecule has 1 saturated heterocycles. The highest BCUT2D eigenvalue weighted by molar-refractivity contribution is 6.07. The monoisotopic (exact) mass is 348 g/mol. The van der Waals surface area contributed by atoms with E-state index in [1.54, 1.807) is 6.20 Å². The van der Waals surface area contributed by atoms with E-state index in [1.807, 2.05) is 54.3 Å². The van der Waals surface area contributed by atoms with Crippen molar-refractivity contribution in [2.45, 2.75) is 6.92 Å². The lowest BCUT2D eigenvalue weighted by atomic mass is 10.1. The second-order valence-corrected chi connectivity index (χ2v) is 6.27. The van der Waals surface area contributed by atoms with Crippen molar-refractivity contribution < 1.29 is 9.53 Å². The Morgan fingerprint density at radius 1 is 1.12 bits per heavy atom. The molecular formula is C20H20N4O2. The third-order valence-electron chi connectivity index (χ3n) is 4.44. The van der Waals surface area contributed by atoms with Crippen LogP contribution in [0.4, 0.5) is 11.4 Å². The van der Waals surface area contributed by atoms with Crippen molar-refractivity contribution in [3.63, 3.8) is 0 Å². The van der Waals surface area contributed by atoms with E-state index in [0.717, 1.165) is 22.5 Å². The number of hydrogen-bond acceptors (Lipinski definition) is 5. The average molecular weight is 348 g/mol. The van der Waals surface area contributed by atoms with Gasteiger partial charge in [0.25, 0.3) is 5.91 Å². The van der Waals surface area contributed by atoms with Crippen LogP contribution >= 0.6 is 0 Å². The lowest BCUT2D eigenvalue weighted by Crippen LogP contribution is -2.41. The van der Waals surface area contributed by atoms with Gasteiger partial charge >= 0.3 is 0 Å². The van der Waals surface area contributed by atoms with E-state index in [9.17, 15) is 4.79 Å². The Bertz CT molecular complexity index is 937. The maximum absolute atomic E-state index is 13.1. The Morgan fingerprint density at radius 2 is 1.88 bits per heavy atom. The molecule has 1 aliphatic heterocycles. The molecule has 0 spiro atoms. The zero-order valence-corrected chi connectivity index (χ0v) is 14.6. The summed E-state index contributed by atoms with van der Waals surface area (Å²) < 4.78 is 5.36. The standard InChI is InChI=1S/C20H20N4O2/c1-14-7-8-16-18(23-15-5-3-2-4-6-15)17(13-21-19(16)22-14)20(25)24-9-11-26-12-10-24/h2-8,13H,9-12H2,1H3,(H,21,22,23). The van der Waals surface area contributed by atoms with Crippen molar-refractivity contribution in [1.82, 2.24) is 14.9 Å². The molecule has 26 heavy (non-hydrogen) atoms. The number of aryl methyl sites for hydroxylation is 1. The Morgan fingerprint density at radius 3 is 2.65 bits per heavy atom. The van der Waals surface area contributed by atoms with Crippen molar-refractivity contribution >= 4 is 28.3 Å². The molecule has 1 fully saturated rings. The fraction of sp³-hybridized carbons (Fsp3) is 0.250. The van der Waals surface area contributed by atoms with Gasteiger partial charge in [-0.1, -0.05) is 18.2 Å². The summed E-state index contributed by atoms with van der Waals surface area (Å²) in [7, 11) is 0. The van der Waals surface area contributed by atoms with Crippen LogP contribution in [0.25, 0.3) is 11.0 Å². The number of para-hydroxylation sites is 1. The molecule has 3 heterocycles. The van der Waals surface area contributed by atoms with Crippen molar-refractivity contribution in [2.24, 2.45) is 0 Å². The summed E-state index contributed by atoms with van der Waals surface area (Å²) in [6.45, 7) is 4.24. The highest BCUT2D eigenvalue weighted by atomic mass is 16.5. The largest absolute Gasteiger partial charge is 0.378 e. The number of amides is 1. The number of ether oxygens (including phenoxy) is 1. The van der Waals surface area contributed by atoms with Gasteiger partial charge in [-0.25, -0.2) is 9.97 Å². The summed E-state index contributed by atoms with van der Waals surface area (Å²) in [6, 6.07) is 13.7. The van der Waals surface area contributed by atoms with Gasteiger partial charge < -0.3 is 15.0 Å². The van der Waals surface area contributed by atoms with E-state index < -0.39 is 0 Å². The minimum atomic E-state index is -0.0401. The number of nitrogens with zero attached hydrogens (tertiary/aromatic N) is 3. The third-order valence-corrected chi connectivity index (χ3v) is 4.44. The topological polar surface area (TPSA) is 67.4 Å². The zero-order valence-electron chi connectivity index (χ0n) is 14.6. The smallest absolute Gasteiger partial charge is 0.257 e. The van der Waals surface area contributed by atoms with Gasteiger partial charge in [-0.2, -0.15) is 0 Å². The van der Waals surface area contributed by atoms with Crippen molar-refractivity contribution in [1.29, 1.82) is 0 Å². The predicted octanol–water partition coefficient (Wildman–Crippen LogP) is 3.15. The van der Waals surface area contributed by atoms with Crippen LogP contribution in [0.15, 0.2) is 48.7 Å². The van der Waals surface area contributed by atoms with Gasteiger partial charge in [0.05, 0.1) is 24.5 Å². The van der Waals surface area contributed by atoms with E-state index >= 15 is 0 Å². The second kappa shape index (κ2) is 7.09. The number of rotatable bonds is 3. The number of pyridine rings is 2. The normalized spacial score (nSPS) is 14.4. The molecule has 0 unspecified atom stereocenters. The van der Waals surface area contributed by atoms with E-state index in [1.165, 1.54) is 0 Å². The van der Waals surface area contributed by atoms with Crippen LogP contribution < -0.4 is 5.32 Å². The first-order chi connectivity index (χ1) is 12.7. The Labute approximate surface area is 151 Å². The van der Waals surface area contributed by atoms with Crippen molar-refractivity contribution in [3.05, 3.63) is 59.9 Å². The summed E-state index contributed by atoms with van der Waals surface area (Å²) in [5, 5.41) is 4.23. The Hall–Kier alpha value is -2.99. The number of hydrogen-bond donors (Lipinski definition) is 1. The summed E-state index contributed by atoms with van der Waals surface area (Å²) in [5.74, 6) is -0.0401. The van der Waals surface area contributed by atoms with Gasteiger partial charge in [0.2, 0.25) is 0 Å². The first kappa shape index (κ1) is 16.5. The van der Waals surface area contributed by atoms with Crippen LogP contribution in [0.3, 0.4) is 0 Å². The summed E-state index contributed by atoms with van der Waals surface area (Å²) in [6.07, 6.45) is 1.62. The van der Waals surface area contributed by atoms with Crippen LogP contribution in [-0.4, -0.2) is 47.1 Å². The van der Waals surface area contributed by atoms with Gasteiger partial charge in [0, 0.05) is 36.1 Å². The second-order valence-electron chi connectivity index (χ2n) is 6.27. The highest BCUT2D eigenvalue weighted by Gasteiger charge is 2.23. The molecule has 0 bridgehead atoms. The SMILES string of the molecule is Cc1ccc2c(Nc3ccccc3)c(C(=O)N3CCOCC3)cnc2n1. The molecule has 0 atom stereocenters. The van der Waals surface area contributed by atoms with E-state index in [0.29, 0.717) is 37.5 Å². The first-order valence-corrected chi connectivity index (χ1v) is 8.68. The van der Waals surface area contributed by atoms with Crippen LogP contribution in [0.5, 0.6) is 0 Å². The van der Waals surface area contributed by atoms with Gasteiger partial charge in [-0.05, 0) is 31.2 Å².